The molecule has 2 heterocycles. The van der Waals surface area contributed by atoms with Gasteiger partial charge in [0.05, 0.1) is 31.4 Å². The lowest BCUT2D eigenvalue weighted by Crippen LogP contribution is -2.33. The predicted molar refractivity (Wildman–Crippen MR) is 103 cm³/mol. The minimum absolute atomic E-state index is 0.0116. The first kappa shape index (κ1) is 20.0. The van der Waals surface area contributed by atoms with Gasteiger partial charge >= 0.3 is 0 Å². The average molecular weight is 403 g/mol. The van der Waals surface area contributed by atoms with Crippen LogP contribution in [0.2, 0.25) is 5.02 Å². The number of carbonyl (C=O) groups excluding carboxylic acids is 2. The summed E-state index contributed by atoms with van der Waals surface area (Å²) in [7, 11) is 0. The monoisotopic (exact) mass is 402 g/mol. The van der Waals surface area contributed by atoms with Crippen LogP contribution in [0.25, 0.3) is 5.76 Å². The minimum Gasteiger partial charge on any atom is -0.507 e. The second-order valence-corrected chi connectivity index (χ2v) is 6.56. The number of hydrogen-bond acceptors (Lipinski definition) is 6. The number of aromatic nitrogens is 1. The van der Waals surface area contributed by atoms with Gasteiger partial charge in [0.15, 0.2) is 0 Å². The van der Waals surface area contributed by atoms with E-state index in [1.54, 1.807) is 48.8 Å². The molecule has 1 saturated heterocycles. The molecule has 8 heteroatoms. The van der Waals surface area contributed by atoms with Gasteiger partial charge in [-0.25, -0.2) is 0 Å². The van der Waals surface area contributed by atoms with Gasteiger partial charge in [0, 0.05) is 29.5 Å². The summed E-state index contributed by atoms with van der Waals surface area (Å²) in [5.74, 6) is -1.77. The van der Waals surface area contributed by atoms with E-state index in [4.69, 9.17) is 21.4 Å². The topological polar surface area (TPSA) is 100.0 Å². The number of ketones is 1. The van der Waals surface area contributed by atoms with Gasteiger partial charge in [-0.05, 0) is 35.9 Å². The van der Waals surface area contributed by atoms with Crippen LogP contribution in [0.1, 0.15) is 17.2 Å². The first-order chi connectivity index (χ1) is 13.5. The summed E-state index contributed by atoms with van der Waals surface area (Å²) in [5.41, 5.74) is 0.967. The summed E-state index contributed by atoms with van der Waals surface area (Å²) in [6.45, 7) is 0.264. The van der Waals surface area contributed by atoms with Crippen molar-refractivity contribution in [1.82, 2.24) is 9.88 Å². The van der Waals surface area contributed by atoms with Gasteiger partial charge in [0.1, 0.15) is 5.76 Å². The van der Waals surface area contributed by atoms with Gasteiger partial charge in [-0.2, -0.15) is 0 Å². The maximum atomic E-state index is 12.7. The number of nitrogens with zero attached hydrogens (tertiary/aromatic N) is 2. The van der Waals surface area contributed by atoms with E-state index in [-0.39, 0.29) is 37.7 Å². The van der Waals surface area contributed by atoms with E-state index < -0.39 is 17.7 Å². The third-order valence-corrected chi connectivity index (χ3v) is 4.62. The summed E-state index contributed by atoms with van der Waals surface area (Å²) >= 11 is 5.89. The molecule has 146 valence electrons. The van der Waals surface area contributed by atoms with Crippen molar-refractivity contribution in [2.45, 2.75) is 6.04 Å². The van der Waals surface area contributed by atoms with Crippen molar-refractivity contribution in [2.24, 2.45) is 0 Å². The van der Waals surface area contributed by atoms with Crippen LogP contribution in [-0.4, -0.2) is 58.2 Å². The number of aliphatic hydroxyl groups excluding tert-OH is 2. The fraction of sp³-hybridized carbons (Fsp3) is 0.250. The van der Waals surface area contributed by atoms with Crippen LogP contribution in [0, 0.1) is 0 Å². The zero-order chi connectivity index (χ0) is 20.1. The lowest BCUT2D eigenvalue weighted by atomic mass is 9.96. The molecule has 0 bridgehead atoms. The molecule has 1 fully saturated rings. The van der Waals surface area contributed by atoms with Gasteiger partial charge in [-0.1, -0.05) is 17.7 Å². The van der Waals surface area contributed by atoms with Crippen LogP contribution in [0.5, 0.6) is 0 Å². The van der Waals surface area contributed by atoms with Crippen molar-refractivity contribution in [3.8, 4) is 0 Å². The number of halogens is 1. The standard InChI is InChI=1S/C20H19ClN2O5/c21-15-5-3-13(4-6-15)18(25)16-17(14-2-1-7-22-12-14)23(20(27)19(16)26)8-10-28-11-9-24/h1-7,12,17,24-25H,8-11H2/b18-16+. The maximum Gasteiger partial charge on any atom is 0.295 e. The molecule has 3 rings (SSSR count). The molecule has 1 aliphatic heterocycles. The quantitative estimate of drug-likeness (QED) is 0.318. The zero-order valence-corrected chi connectivity index (χ0v) is 15.7. The Morgan fingerprint density at radius 1 is 1.18 bits per heavy atom. The van der Waals surface area contributed by atoms with E-state index in [1.165, 1.54) is 4.90 Å². The molecule has 0 saturated carbocycles. The number of rotatable bonds is 7. The first-order valence-corrected chi connectivity index (χ1v) is 9.05. The van der Waals surface area contributed by atoms with Crippen molar-refractivity contribution >= 4 is 29.1 Å². The summed E-state index contributed by atoms with van der Waals surface area (Å²) in [5, 5.41) is 20.1. The SMILES string of the molecule is O=C1C(=O)N(CCOCCO)C(c2cccnc2)/C1=C(\O)c1ccc(Cl)cc1. The van der Waals surface area contributed by atoms with E-state index in [2.05, 4.69) is 4.98 Å². The van der Waals surface area contributed by atoms with E-state index in [0.717, 1.165) is 0 Å². The van der Waals surface area contributed by atoms with Gasteiger partial charge in [0.2, 0.25) is 0 Å². The van der Waals surface area contributed by atoms with Crippen LogP contribution < -0.4 is 0 Å². The molecular formula is C20H19ClN2O5. The molecule has 1 aromatic carbocycles. The van der Waals surface area contributed by atoms with Gasteiger partial charge in [-0.15, -0.1) is 0 Å². The van der Waals surface area contributed by atoms with Gasteiger partial charge in [0.25, 0.3) is 11.7 Å². The minimum atomic E-state index is -0.790. The average Bonchev–Trinajstić information content (AvgIpc) is 2.97. The molecule has 7 nitrogen and oxygen atoms in total. The molecule has 1 aromatic heterocycles. The molecule has 2 N–H and O–H groups in total. The molecule has 1 amide bonds. The lowest BCUT2D eigenvalue weighted by Gasteiger charge is -2.24. The fourth-order valence-electron chi connectivity index (χ4n) is 3.09. The number of Topliss-reactive ketones (excluding diaryl/α,β-unsaturated/α-hetero) is 1. The smallest absolute Gasteiger partial charge is 0.295 e. The molecule has 0 spiro atoms. The summed E-state index contributed by atoms with van der Waals surface area (Å²) < 4.78 is 5.24. The highest BCUT2D eigenvalue weighted by atomic mass is 35.5. The van der Waals surface area contributed by atoms with Crippen LogP contribution in [0.4, 0.5) is 0 Å². The second-order valence-electron chi connectivity index (χ2n) is 6.12. The maximum absolute atomic E-state index is 12.7. The molecule has 1 atom stereocenters. The van der Waals surface area contributed by atoms with Crippen molar-refractivity contribution in [2.75, 3.05) is 26.4 Å². The highest BCUT2D eigenvalue weighted by Gasteiger charge is 2.45. The Morgan fingerprint density at radius 3 is 2.57 bits per heavy atom. The van der Waals surface area contributed by atoms with E-state index in [0.29, 0.717) is 16.1 Å². The van der Waals surface area contributed by atoms with E-state index >= 15 is 0 Å². The largest absolute Gasteiger partial charge is 0.507 e. The number of pyridine rings is 1. The highest BCUT2D eigenvalue weighted by molar-refractivity contribution is 6.46. The molecule has 1 aliphatic rings. The first-order valence-electron chi connectivity index (χ1n) is 8.67. The Kier molecular flexibility index (Phi) is 6.41. The summed E-state index contributed by atoms with van der Waals surface area (Å²) in [6.07, 6.45) is 3.13. The van der Waals surface area contributed by atoms with Gasteiger partial charge < -0.3 is 19.8 Å². The normalized spacial score (nSPS) is 18.6. The molecule has 0 aliphatic carbocycles. The Morgan fingerprint density at radius 2 is 1.93 bits per heavy atom. The Balaban J connectivity index is 2.03. The third kappa shape index (κ3) is 4.06. The molecule has 1 unspecified atom stereocenters. The molecular weight excluding hydrogens is 384 g/mol. The number of aliphatic hydroxyl groups is 2. The van der Waals surface area contributed by atoms with Crippen LogP contribution in [0.15, 0.2) is 54.4 Å². The molecule has 28 heavy (non-hydrogen) atoms. The number of ether oxygens (including phenoxy) is 1. The van der Waals surface area contributed by atoms with Crippen molar-refractivity contribution in [3.05, 3.63) is 70.5 Å². The third-order valence-electron chi connectivity index (χ3n) is 4.37. The van der Waals surface area contributed by atoms with E-state index in [1.807, 2.05) is 0 Å². The molecule has 0 radical (unpaired) electrons. The summed E-state index contributed by atoms with van der Waals surface area (Å²) in [4.78, 5) is 30.8. The van der Waals surface area contributed by atoms with Crippen LogP contribution in [-0.2, 0) is 14.3 Å². The predicted octanol–water partition coefficient (Wildman–Crippen LogP) is 2.17. The number of benzene rings is 1. The number of amides is 1. The summed E-state index contributed by atoms with van der Waals surface area (Å²) in [6, 6.07) is 8.98. The lowest BCUT2D eigenvalue weighted by molar-refractivity contribution is -0.140. The fourth-order valence-corrected chi connectivity index (χ4v) is 3.21. The zero-order valence-electron chi connectivity index (χ0n) is 14.9. The number of carbonyl (C=O) groups is 2. The van der Waals surface area contributed by atoms with Crippen LogP contribution in [0.3, 0.4) is 0 Å². The van der Waals surface area contributed by atoms with Crippen molar-refractivity contribution in [1.29, 1.82) is 0 Å². The number of likely N-dealkylation sites (tertiary alicyclic amines) is 1. The van der Waals surface area contributed by atoms with Gasteiger partial charge in [-0.3, -0.25) is 14.6 Å². The van der Waals surface area contributed by atoms with Crippen LogP contribution >= 0.6 is 11.6 Å². The van der Waals surface area contributed by atoms with E-state index in [9.17, 15) is 14.7 Å². The Labute approximate surface area is 166 Å². The molecule has 2 aromatic rings. The second kappa shape index (κ2) is 8.97. The Bertz CT molecular complexity index is 883. The number of hydrogen-bond donors (Lipinski definition) is 2. The van der Waals surface area contributed by atoms with Crippen molar-refractivity contribution in [3.63, 3.8) is 0 Å². The van der Waals surface area contributed by atoms with Crippen molar-refractivity contribution < 1.29 is 24.5 Å². The Hall–Kier alpha value is -2.74. The highest BCUT2D eigenvalue weighted by Crippen LogP contribution is 2.38.